The zero-order valence-corrected chi connectivity index (χ0v) is 12.9. The fourth-order valence-corrected chi connectivity index (χ4v) is 2.11. The van der Waals surface area contributed by atoms with Crippen molar-refractivity contribution in [2.75, 3.05) is 13.1 Å². The summed E-state index contributed by atoms with van der Waals surface area (Å²) in [5, 5.41) is 0. The fourth-order valence-electron chi connectivity index (χ4n) is 2.11. The van der Waals surface area contributed by atoms with E-state index in [4.69, 9.17) is 4.74 Å². The fraction of sp³-hybridized carbons (Fsp3) is 0.438. The van der Waals surface area contributed by atoms with Crippen LogP contribution < -0.4 is 0 Å². The van der Waals surface area contributed by atoms with Crippen LogP contribution in [0.25, 0.3) is 5.57 Å². The van der Waals surface area contributed by atoms with Crippen LogP contribution in [0.3, 0.4) is 0 Å². The first-order valence-electron chi connectivity index (χ1n) is 7.09. The highest BCUT2D eigenvalue weighted by Crippen LogP contribution is 2.22. The molecular weight excluding hydrogens is 287 g/mol. The summed E-state index contributed by atoms with van der Waals surface area (Å²) in [6, 6.07) is 3.02. The molecule has 1 amide bonds. The van der Waals surface area contributed by atoms with Crippen molar-refractivity contribution >= 4 is 18.0 Å². The molecule has 0 fully saturated rings. The van der Waals surface area contributed by atoms with Crippen LogP contribution in [0.5, 0.6) is 0 Å². The van der Waals surface area contributed by atoms with Crippen molar-refractivity contribution < 1.29 is 18.7 Å². The summed E-state index contributed by atoms with van der Waals surface area (Å²) in [6.07, 6.45) is 2.46. The Labute approximate surface area is 128 Å². The summed E-state index contributed by atoms with van der Waals surface area (Å²) in [6.45, 7) is 6.33. The Morgan fingerprint density at radius 2 is 2.14 bits per heavy atom. The second kappa shape index (κ2) is 6.25. The maximum atomic E-state index is 13.5. The minimum atomic E-state index is -0.775. The number of amides is 1. The first-order chi connectivity index (χ1) is 10.3. The smallest absolute Gasteiger partial charge is 0.410 e. The third kappa shape index (κ3) is 3.90. The number of aromatic nitrogens is 1. The lowest BCUT2D eigenvalue weighted by Gasteiger charge is -2.29. The second-order valence-corrected chi connectivity index (χ2v) is 6.10. The number of rotatable bonds is 2. The lowest BCUT2D eigenvalue weighted by Crippen LogP contribution is -2.39. The highest BCUT2D eigenvalue weighted by molar-refractivity contribution is 5.76. The van der Waals surface area contributed by atoms with Crippen LogP contribution in [0.15, 0.2) is 18.2 Å². The zero-order valence-electron chi connectivity index (χ0n) is 12.9. The number of ether oxygens (including phenoxy) is 1. The van der Waals surface area contributed by atoms with E-state index in [0.29, 0.717) is 31.5 Å². The number of carbonyl (C=O) groups excluding carboxylic acids is 2. The maximum Gasteiger partial charge on any atom is 0.410 e. The summed E-state index contributed by atoms with van der Waals surface area (Å²) in [5.41, 5.74) is 0.759. The van der Waals surface area contributed by atoms with Gasteiger partial charge >= 0.3 is 6.09 Å². The largest absolute Gasteiger partial charge is 0.444 e. The van der Waals surface area contributed by atoms with E-state index in [1.165, 1.54) is 6.07 Å². The number of nitrogens with zero attached hydrogens (tertiary/aromatic N) is 2. The van der Waals surface area contributed by atoms with E-state index in [0.717, 1.165) is 5.57 Å². The summed E-state index contributed by atoms with van der Waals surface area (Å²) >= 11 is 0. The van der Waals surface area contributed by atoms with Crippen molar-refractivity contribution in [1.29, 1.82) is 0 Å². The minimum Gasteiger partial charge on any atom is -0.444 e. The van der Waals surface area contributed by atoms with Crippen LogP contribution in [0.4, 0.5) is 9.18 Å². The van der Waals surface area contributed by atoms with Crippen LogP contribution in [-0.2, 0) is 4.74 Å². The van der Waals surface area contributed by atoms with E-state index in [-0.39, 0.29) is 11.7 Å². The molecule has 0 aromatic carbocycles. The molecule has 5 nitrogen and oxygen atoms in total. The van der Waals surface area contributed by atoms with Gasteiger partial charge < -0.3 is 9.64 Å². The third-order valence-electron chi connectivity index (χ3n) is 3.19. The highest BCUT2D eigenvalue weighted by atomic mass is 19.1. The average Bonchev–Trinajstić information content (AvgIpc) is 2.45. The average molecular weight is 306 g/mol. The molecule has 0 aliphatic carbocycles. The molecule has 1 aliphatic rings. The molecule has 2 rings (SSSR count). The normalized spacial score (nSPS) is 15.3. The van der Waals surface area contributed by atoms with Gasteiger partial charge in [0.1, 0.15) is 5.60 Å². The molecule has 22 heavy (non-hydrogen) atoms. The Kier molecular flexibility index (Phi) is 4.59. The summed E-state index contributed by atoms with van der Waals surface area (Å²) in [5.74, 6) is -0.775. The van der Waals surface area contributed by atoms with E-state index < -0.39 is 11.5 Å². The van der Waals surface area contributed by atoms with Gasteiger partial charge in [-0.15, -0.1) is 0 Å². The van der Waals surface area contributed by atoms with Crippen LogP contribution in [-0.4, -0.2) is 41.0 Å². The molecule has 1 aromatic rings. The number of hydrogen-bond donors (Lipinski definition) is 0. The number of hydrogen-bond acceptors (Lipinski definition) is 4. The van der Waals surface area contributed by atoms with Gasteiger partial charge in [0.15, 0.2) is 6.29 Å². The Morgan fingerprint density at radius 3 is 2.64 bits per heavy atom. The number of aldehydes is 1. The lowest BCUT2D eigenvalue weighted by molar-refractivity contribution is 0.0270. The predicted octanol–water partition coefficient (Wildman–Crippen LogP) is 3.06. The summed E-state index contributed by atoms with van der Waals surface area (Å²) < 4.78 is 18.9. The zero-order chi connectivity index (χ0) is 16.3. The summed E-state index contributed by atoms with van der Waals surface area (Å²) in [4.78, 5) is 27.9. The van der Waals surface area contributed by atoms with Crippen molar-refractivity contribution in [3.63, 3.8) is 0 Å². The van der Waals surface area contributed by atoms with Crippen LogP contribution in [0.2, 0.25) is 0 Å². The minimum absolute atomic E-state index is 0.0597. The van der Waals surface area contributed by atoms with Crippen molar-refractivity contribution in [3.05, 3.63) is 35.4 Å². The Hall–Kier alpha value is -2.24. The topological polar surface area (TPSA) is 59.5 Å². The van der Waals surface area contributed by atoms with Crippen molar-refractivity contribution in [2.24, 2.45) is 0 Å². The van der Waals surface area contributed by atoms with Gasteiger partial charge in [-0.1, -0.05) is 6.08 Å². The Bertz CT molecular complexity index is 620. The lowest BCUT2D eigenvalue weighted by atomic mass is 10.0. The second-order valence-electron chi connectivity index (χ2n) is 6.10. The van der Waals surface area contributed by atoms with Gasteiger partial charge in [0.05, 0.1) is 11.3 Å². The molecule has 6 heteroatoms. The molecular formula is C16H19FN2O3. The molecule has 0 atom stereocenters. The predicted molar refractivity (Wildman–Crippen MR) is 80.0 cm³/mol. The first-order valence-corrected chi connectivity index (χ1v) is 7.09. The monoisotopic (exact) mass is 306 g/mol. The van der Waals surface area contributed by atoms with Gasteiger partial charge in [0, 0.05) is 13.1 Å². The standard InChI is InChI=1S/C16H19FN2O3/c1-16(2,3)22-15(21)19-8-6-11(7-9-19)13-5-4-12(10-20)14(17)18-13/h4-6,10H,7-9H2,1-3H3. The highest BCUT2D eigenvalue weighted by Gasteiger charge is 2.24. The van der Waals surface area contributed by atoms with Crippen molar-refractivity contribution in [2.45, 2.75) is 32.8 Å². The van der Waals surface area contributed by atoms with Gasteiger partial charge in [-0.05, 0) is 44.9 Å². The van der Waals surface area contributed by atoms with Gasteiger partial charge in [-0.3, -0.25) is 4.79 Å². The van der Waals surface area contributed by atoms with E-state index in [2.05, 4.69) is 4.98 Å². The molecule has 118 valence electrons. The molecule has 0 bridgehead atoms. The SMILES string of the molecule is CC(C)(C)OC(=O)N1CC=C(c2ccc(C=O)c(F)n2)CC1. The van der Waals surface area contributed by atoms with E-state index in [1.54, 1.807) is 11.0 Å². The van der Waals surface area contributed by atoms with Gasteiger partial charge in [-0.25, -0.2) is 9.78 Å². The van der Waals surface area contributed by atoms with Gasteiger partial charge in [0.25, 0.3) is 0 Å². The van der Waals surface area contributed by atoms with Crippen LogP contribution in [0.1, 0.15) is 43.2 Å². The van der Waals surface area contributed by atoms with Gasteiger partial charge in [0.2, 0.25) is 5.95 Å². The summed E-state index contributed by atoms with van der Waals surface area (Å²) in [7, 11) is 0. The van der Waals surface area contributed by atoms with Crippen LogP contribution >= 0.6 is 0 Å². The third-order valence-corrected chi connectivity index (χ3v) is 3.19. The van der Waals surface area contributed by atoms with E-state index >= 15 is 0 Å². The Balaban J connectivity index is 2.07. The van der Waals surface area contributed by atoms with Crippen molar-refractivity contribution in [1.82, 2.24) is 9.88 Å². The molecule has 0 unspecified atom stereocenters. The first kappa shape index (κ1) is 16.1. The number of halogens is 1. The molecule has 1 aliphatic heterocycles. The van der Waals surface area contributed by atoms with E-state index in [9.17, 15) is 14.0 Å². The van der Waals surface area contributed by atoms with Crippen molar-refractivity contribution in [3.8, 4) is 0 Å². The molecule has 2 heterocycles. The van der Waals surface area contributed by atoms with Crippen LogP contribution in [0, 0.1) is 5.95 Å². The number of pyridine rings is 1. The number of carbonyl (C=O) groups is 2. The molecule has 0 spiro atoms. The molecule has 0 radical (unpaired) electrons. The quantitative estimate of drug-likeness (QED) is 0.622. The molecule has 0 saturated heterocycles. The molecule has 0 saturated carbocycles. The molecule has 0 N–H and O–H groups in total. The Morgan fingerprint density at radius 1 is 1.41 bits per heavy atom. The maximum absolute atomic E-state index is 13.5. The van der Waals surface area contributed by atoms with Gasteiger partial charge in [-0.2, -0.15) is 4.39 Å². The van der Waals surface area contributed by atoms with E-state index in [1.807, 2.05) is 26.8 Å². The molecule has 1 aromatic heterocycles.